The van der Waals surface area contributed by atoms with Crippen LogP contribution in [0.1, 0.15) is 48.9 Å². The van der Waals surface area contributed by atoms with Gasteiger partial charge in [-0.2, -0.15) is 0 Å². The molecule has 0 amide bonds. The second kappa shape index (κ2) is 9.80. The van der Waals surface area contributed by atoms with Gasteiger partial charge in [0.15, 0.2) is 0 Å². The Bertz CT molecular complexity index is 438. The Hall–Kier alpha value is -2.04. The third-order valence-corrected chi connectivity index (χ3v) is 3.12. The van der Waals surface area contributed by atoms with Crippen molar-refractivity contribution in [2.45, 2.75) is 38.5 Å². The lowest BCUT2D eigenvalue weighted by Gasteiger charge is -2.06. The zero-order chi connectivity index (χ0) is 15.5. The number of benzene rings is 1. The smallest absolute Gasteiger partial charge is 0.335 e. The monoisotopic (exact) mass is 294 g/mol. The van der Waals surface area contributed by atoms with Crippen molar-refractivity contribution in [2.24, 2.45) is 0 Å². The van der Waals surface area contributed by atoms with Crippen molar-refractivity contribution >= 4 is 11.9 Å². The predicted octanol–water partition coefficient (Wildman–Crippen LogP) is 3.28. The van der Waals surface area contributed by atoms with Crippen LogP contribution in [0.3, 0.4) is 0 Å². The number of ether oxygens (including phenoxy) is 2. The number of esters is 1. The van der Waals surface area contributed by atoms with Crippen LogP contribution in [0.2, 0.25) is 0 Å². The van der Waals surface area contributed by atoms with E-state index in [9.17, 15) is 9.59 Å². The fourth-order valence-corrected chi connectivity index (χ4v) is 1.89. The second-order valence-corrected chi connectivity index (χ2v) is 4.77. The Morgan fingerprint density at radius 2 is 1.62 bits per heavy atom. The molecule has 116 valence electrons. The van der Waals surface area contributed by atoms with Gasteiger partial charge in [0, 0.05) is 6.42 Å². The zero-order valence-corrected chi connectivity index (χ0v) is 12.3. The highest BCUT2D eigenvalue weighted by Crippen LogP contribution is 2.13. The lowest BCUT2D eigenvalue weighted by molar-refractivity contribution is -0.140. The van der Waals surface area contributed by atoms with Crippen LogP contribution in [0.25, 0.3) is 0 Å². The van der Waals surface area contributed by atoms with Crippen molar-refractivity contribution in [3.05, 3.63) is 29.8 Å². The highest BCUT2D eigenvalue weighted by atomic mass is 16.5. The van der Waals surface area contributed by atoms with Gasteiger partial charge < -0.3 is 14.6 Å². The lowest BCUT2D eigenvalue weighted by Crippen LogP contribution is -2.00. The molecule has 1 N–H and O–H groups in total. The van der Waals surface area contributed by atoms with E-state index in [0.717, 1.165) is 32.1 Å². The van der Waals surface area contributed by atoms with Crippen LogP contribution in [0.5, 0.6) is 5.75 Å². The molecule has 0 bridgehead atoms. The molecule has 0 heterocycles. The summed E-state index contributed by atoms with van der Waals surface area (Å²) in [5.41, 5.74) is 0.257. The van der Waals surface area contributed by atoms with E-state index in [4.69, 9.17) is 9.84 Å². The average Bonchev–Trinajstić information content (AvgIpc) is 2.50. The number of carboxylic acids is 1. The van der Waals surface area contributed by atoms with Gasteiger partial charge in [-0.25, -0.2) is 4.79 Å². The molecule has 0 saturated carbocycles. The molecular weight excluding hydrogens is 272 g/mol. The van der Waals surface area contributed by atoms with Gasteiger partial charge in [-0.15, -0.1) is 0 Å². The van der Waals surface area contributed by atoms with E-state index in [1.807, 2.05) is 0 Å². The average molecular weight is 294 g/mol. The lowest BCUT2D eigenvalue weighted by atomic mass is 10.1. The van der Waals surface area contributed by atoms with Gasteiger partial charge in [0.05, 0.1) is 19.3 Å². The molecule has 0 spiro atoms. The van der Waals surface area contributed by atoms with E-state index >= 15 is 0 Å². The van der Waals surface area contributed by atoms with E-state index in [1.54, 1.807) is 12.1 Å². The van der Waals surface area contributed by atoms with E-state index < -0.39 is 5.97 Å². The maximum Gasteiger partial charge on any atom is 0.335 e. The number of aromatic carboxylic acids is 1. The van der Waals surface area contributed by atoms with Crippen molar-refractivity contribution in [2.75, 3.05) is 13.7 Å². The van der Waals surface area contributed by atoms with Crippen LogP contribution in [-0.2, 0) is 9.53 Å². The van der Waals surface area contributed by atoms with Crippen LogP contribution < -0.4 is 4.74 Å². The van der Waals surface area contributed by atoms with Crippen LogP contribution in [0.15, 0.2) is 24.3 Å². The summed E-state index contributed by atoms with van der Waals surface area (Å²) in [5, 5.41) is 8.77. The molecule has 1 aromatic rings. The first-order valence-electron chi connectivity index (χ1n) is 7.16. The summed E-state index contributed by atoms with van der Waals surface area (Å²) < 4.78 is 10.1. The van der Waals surface area contributed by atoms with E-state index in [1.165, 1.54) is 19.2 Å². The van der Waals surface area contributed by atoms with Crippen LogP contribution >= 0.6 is 0 Å². The van der Waals surface area contributed by atoms with E-state index in [0.29, 0.717) is 18.8 Å². The summed E-state index contributed by atoms with van der Waals surface area (Å²) >= 11 is 0. The zero-order valence-electron chi connectivity index (χ0n) is 12.3. The van der Waals surface area contributed by atoms with Crippen LogP contribution in [0, 0.1) is 0 Å². The van der Waals surface area contributed by atoms with Gasteiger partial charge in [-0.05, 0) is 37.1 Å². The van der Waals surface area contributed by atoms with Crippen molar-refractivity contribution in [1.29, 1.82) is 0 Å². The number of carboxylic acid groups (broad SMARTS) is 1. The molecule has 0 aliphatic heterocycles. The third-order valence-electron chi connectivity index (χ3n) is 3.12. The minimum Gasteiger partial charge on any atom is -0.494 e. The van der Waals surface area contributed by atoms with Crippen LogP contribution in [0.4, 0.5) is 0 Å². The predicted molar refractivity (Wildman–Crippen MR) is 78.6 cm³/mol. The summed E-state index contributed by atoms with van der Waals surface area (Å²) in [5.74, 6) is -0.401. The van der Waals surface area contributed by atoms with Crippen molar-refractivity contribution < 1.29 is 24.2 Å². The molecule has 0 unspecified atom stereocenters. The number of unbranched alkanes of at least 4 members (excludes halogenated alkanes) is 4. The summed E-state index contributed by atoms with van der Waals surface area (Å²) in [6, 6.07) is 6.40. The molecular formula is C16H22O5. The standard InChI is InChI=1S/C16H22O5/c1-20-15(17)7-5-3-2-4-6-12-21-14-10-8-13(9-11-14)16(18)19/h8-11H,2-7,12H2,1H3,(H,18,19). The second-order valence-electron chi connectivity index (χ2n) is 4.77. The number of carbonyl (C=O) groups excluding carboxylic acids is 1. The Kier molecular flexibility index (Phi) is 7.94. The number of hydrogen-bond donors (Lipinski definition) is 1. The summed E-state index contributed by atoms with van der Waals surface area (Å²) in [6.07, 6.45) is 5.43. The van der Waals surface area contributed by atoms with Crippen molar-refractivity contribution in [3.8, 4) is 5.75 Å². The highest BCUT2D eigenvalue weighted by Gasteiger charge is 2.02. The minimum absolute atomic E-state index is 0.150. The van der Waals surface area contributed by atoms with Gasteiger partial charge in [0.1, 0.15) is 5.75 Å². The first-order chi connectivity index (χ1) is 10.1. The fourth-order valence-electron chi connectivity index (χ4n) is 1.89. The van der Waals surface area contributed by atoms with Crippen LogP contribution in [-0.4, -0.2) is 30.8 Å². The topological polar surface area (TPSA) is 72.8 Å². The largest absolute Gasteiger partial charge is 0.494 e. The number of rotatable bonds is 10. The Labute approximate surface area is 124 Å². The fraction of sp³-hybridized carbons (Fsp3) is 0.500. The van der Waals surface area contributed by atoms with Gasteiger partial charge in [0.2, 0.25) is 0 Å². The Morgan fingerprint density at radius 3 is 2.24 bits per heavy atom. The molecule has 0 aliphatic rings. The first-order valence-corrected chi connectivity index (χ1v) is 7.16. The summed E-state index contributed by atoms with van der Waals surface area (Å²) in [7, 11) is 1.41. The Morgan fingerprint density at radius 1 is 1.00 bits per heavy atom. The van der Waals surface area contributed by atoms with Crippen molar-refractivity contribution in [3.63, 3.8) is 0 Å². The summed E-state index contributed by atoms with van der Waals surface area (Å²) in [4.78, 5) is 21.6. The molecule has 0 aromatic heterocycles. The molecule has 0 aliphatic carbocycles. The molecule has 21 heavy (non-hydrogen) atoms. The number of hydrogen-bond acceptors (Lipinski definition) is 4. The summed E-state index contributed by atoms with van der Waals surface area (Å²) in [6.45, 7) is 0.615. The number of carbonyl (C=O) groups is 2. The minimum atomic E-state index is -0.937. The molecule has 1 rings (SSSR count). The van der Waals surface area contributed by atoms with Crippen molar-refractivity contribution in [1.82, 2.24) is 0 Å². The van der Waals surface area contributed by atoms with E-state index in [2.05, 4.69) is 4.74 Å². The van der Waals surface area contributed by atoms with Gasteiger partial charge in [-0.3, -0.25) is 4.79 Å². The molecule has 5 nitrogen and oxygen atoms in total. The van der Waals surface area contributed by atoms with Gasteiger partial charge >= 0.3 is 11.9 Å². The first kappa shape index (κ1) is 17.0. The Balaban J connectivity index is 2.04. The third kappa shape index (κ3) is 7.34. The molecule has 5 heteroatoms. The van der Waals surface area contributed by atoms with Gasteiger partial charge in [-0.1, -0.05) is 19.3 Å². The maximum atomic E-state index is 10.9. The molecule has 0 saturated heterocycles. The quantitative estimate of drug-likeness (QED) is 0.529. The molecule has 0 fully saturated rings. The van der Waals surface area contributed by atoms with Gasteiger partial charge in [0.25, 0.3) is 0 Å². The molecule has 1 aromatic carbocycles. The maximum absolute atomic E-state index is 10.9. The molecule has 0 atom stereocenters. The van der Waals surface area contributed by atoms with E-state index in [-0.39, 0.29) is 11.5 Å². The molecule has 0 radical (unpaired) electrons. The SMILES string of the molecule is COC(=O)CCCCCCCOc1ccc(C(=O)O)cc1. The number of methoxy groups -OCH3 is 1. The highest BCUT2D eigenvalue weighted by molar-refractivity contribution is 5.87. The normalized spacial score (nSPS) is 10.1.